The standard InChI is InChI=1S/C14H22N4O/c1-9-10(8-16-18-9)3-2-6-15-14(19)12-7-11-4-5-13(12)17-11/h8,11-13,17H,2-7H2,1H3,(H,15,19)(H,16,18). The smallest absolute Gasteiger partial charge is 0.224 e. The second kappa shape index (κ2) is 5.33. The van der Waals surface area contributed by atoms with Crippen molar-refractivity contribution in [3.63, 3.8) is 0 Å². The van der Waals surface area contributed by atoms with Gasteiger partial charge in [-0.05, 0) is 44.6 Å². The zero-order chi connectivity index (χ0) is 13.2. The van der Waals surface area contributed by atoms with Crippen molar-refractivity contribution in [1.29, 1.82) is 0 Å². The van der Waals surface area contributed by atoms with Crippen molar-refractivity contribution in [1.82, 2.24) is 20.8 Å². The fraction of sp³-hybridized carbons (Fsp3) is 0.714. The first-order chi connectivity index (χ1) is 9.24. The first-order valence-electron chi connectivity index (χ1n) is 7.26. The monoisotopic (exact) mass is 262 g/mol. The van der Waals surface area contributed by atoms with Gasteiger partial charge in [0.15, 0.2) is 0 Å². The van der Waals surface area contributed by atoms with Crippen molar-refractivity contribution >= 4 is 5.91 Å². The van der Waals surface area contributed by atoms with Crippen LogP contribution in [0.2, 0.25) is 0 Å². The lowest BCUT2D eigenvalue weighted by Gasteiger charge is -2.19. The molecule has 2 aliphatic rings. The van der Waals surface area contributed by atoms with Crippen molar-refractivity contribution in [2.24, 2.45) is 5.92 Å². The number of nitrogens with zero attached hydrogens (tertiary/aromatic N) is 1. The summed E-state index contributed by atoms with van der Waals surface area (Å²) in [5.74, 6) is 0.443. The van der Waals surface area contributed by atoms with Gasteiger partial charge in [-0.1, -0.05) is 0 Å². The second-order valence-corrected chi connectivity index (χ2v) is 5.80. The van der Waals surface area contributed by atoms with E-state index in [9.17, 15) is 4.79 Å². The van der Waals surface area contributed by atoms with Crippen LogP contribution in [0.5, 0.6) is 0 Å². The molecule has 0 spiro atoms. The number of aryl methyl sites for hydroxylation is 2. The van der Waals surface area contributed by atoms with Gasteiger partial charge < -0.3 is 10.6 Å². The Labute approximate surface area is 113 Å². The Morgan fingerprint density at radius 3 is 3.05 bits per heavy atom. The molecule has 5 nitrogen and oxygen atoms in total. The van der Waals surface area contributed by atoms with Gasteiger partial charge in [-0.2, -0.15) is 5.10 Å². The molecule has 0 saturated carbocycles. The van der Waals surface area contributed by atoms with Crippen LogP contribution in [0.25, 0.3) is 0 Å². The van der Waals surface area contributed by atoms with Crippen LogP contribution in [-0.2, 0) is 11.2 Å². The summed E-state index contributed by atoms with van der Waals surface area (Å²) in [6.45, 7) is 2.79. The molecule has 1 aromatic heterocycles. The summed E-state index contributed by atoms with van der Waals surface area (Å²) < 4.78 is 0. The van der Waals surface area contributed by atoms with Gasteiger partial charge in [0.1, 0.15) is 0 Å². The van der Waals surface area contributed by atoms with Crippen LogP contribution in [0.4, 0.5) is 0 Å². The number of carbonyl (C=O) groups excluding carboxylic acids is 1. The van der Waals surface area contributed by atoms with E-state index in [1.54, 1.807) is 0 Å². The number of hydrogen-bond acceptors (Lipinski definition) is 3. The summed E-state index contributed by atoms with van der Waals surface area (Å²) in [6, 6.07) is 1.02. The number of aromatic amines is 1. The fourth-order valence-electron chi connectivity index (χ4n) is 3.36. The molecule has 3 N–H and O–H groups in total. The summed E-state index contributed by atoms with van der Waals surface area (Å²) in [7, 11) is 0. The van der Waals surface area contributed by atoms with Crippen molar-refractivity contribution in [2.75, 3.05) is 6.54 Å². The summed E-state index contributed by atoms with van der Waals surface area (Å²) in [6.07, 6.45) is 7.25. The molecule has 104 valence electrons. The molecular weight excluding hydrogens is 240 g/mol. The number of rotatable bonds is 5. The highest BCUT2D eigenvalue weighted by Crippen LogP contribution is 2.33. The third kappa shape index (κ3) is 2.66. The van der Waals surface area contributed by atoms with Crippen LogP contribution < -0.4 is 10.6 Å². The molecule has 2 saturated heterocycles. The van der Waals surface area contributed by atoms with Gasteiger partial charge in [0, 0.05) is 24.3 Å². The lowest BCUT2D eigenvalue weighted by atomic mass is 9.88. The van der Waals surface area contributed by atoms with E-state index in [0.717, 1.165) is 37.9 Å². The van der Waals surface area contributed by atoms with E-state index in [1.807, 2.05) is 13.1 Å². The zero-order valence-electron chi connectivity index (χ0n) is 11.4. The van der Waals surface area contributed by atoms with Crippen LogP contribution in [0.1, 0.15) is 36.9 Å². The largest absolute Gasteiger partial charge is 0.356 e. The lowest BCUT2D eigenvalue weighted by Crippen LogP contribution is -2.38. The Morgan fingerprint density at radius 1 is 1.53 bits per heavy atom. The highest BCUT2D eigenvalue weighted by atomic mass is 16.1. The molecule has 0 aliphatic carbocycles. The zero-order valence-corrected chi connectivity index (χ0v) is 11.4. The molecule has 3 heterocycles. The summed E-state index contributed by atoms with van der Waals surface area (Å²) in [4.78, 5) is 12.1. The predicted octanol–water partition coefficient (Wildman–Crippen LogP) is 0.907. The van der Waals surface area contributed by atoms with Gasteiger partial charge in [0.25, 0.3) is 0 Å². The number of fused-ring (bicyclic) bond motifs is 2. The van der Waals surface area contributed by atoms with Gasteiger partial charge in [-0.25, -0.2) is 0 Å². The van der Waals surface area contributed by atoms with Crippen LogP contribution in [0.3, 0.4) is 0 Å². The average molecular weight is 262 g/mol. The van der Waals surface area contributed by atoms with E-state index in [-0.39, 0.29) is 11.8 Å². The van der Waals surface area contributed by atoms with Crippen molar-refractivity contribution in [2.45, 2.75) is 51.1 Å². The lowest BCUT2D eigenvalue weighted by molar-refractivity contribution is -0.125. The Balaban J connectivity index is 1.38. The first kappa shape index (κ1) is 12.7. The molecule has 1 aromatic rings. The van der Waals surface area contributed by atoms with E-state index in [2.05, 4.69) is 20.8 Å². The average Bonchev–Trinajstić information content (AvgIpc) is 3.11. The van der Waals surface area contributed by atoms with Gasteiger partial charge in [-0.3, -0.25) is 9.89 Å². The summed E-state index contributed by atoms with van der Waals surface area (Å²) in [5, 5.41) is 13.5. The second-order valence-electron chi connectivity index (χ2n) is 5.80. The molecule has 3 rings (SSSR count). The highest BCUT2D eigenvalue weighted by molar-refractivity contribution is 5.80. The van der Waals surface area contributed by atoms with Crippen LogP contribution in [0, 0.1) is 12.8 Å². The number of nitrogens with one attached hydrogen (secondary N) is 3. The summed E-state index contributed by atoms with van der Waals surface area (Å²) >= 11 is 0. The molecular formula is C14H22N4O. The topological polar surface area (TPSA) is 69.8 Å². The van der Waals surface area contributed by atoms with E-state index in [1.165, 1.54) is 12.0 Å². The van der Waals surface area contributed by atoms with E-state index in [4.69, 9.17) is 0 Å². The number of amides is 1. The molecule has 2 bridgehead atoms. The number of aromatic nitrogens is 2. The van der Waals surface area contributed by atoms with Crippen molar-refractivity contribution < 1.29 is 4.79 Å². The SMILES string of the molecule is Cc1[nH]ncc1CCCNC(=O)C1CC2CCC1N2. The van der Waals surface area contributed by atoms with Crippen LogP contribution in [-0.4, -0.2) is 34.7 Å². The quantitative estimate of drug-likeness (QED) is 0.691. The third-order valence-electron chi connectivity index (χ3n) is 4.49. The minimum atomic E-state index is 0.203. The minimum Gasteiger partial charge on any atom is -0.356 e. The minimum absolute atomic E-state index is 0.203. The molecule has 3 unspecified atom stereocenters. The van der Waals surface area contributed by atoms with Crippen LogP contribution in [0.15, 0.2) is 6.20 Å². The Bertz CT molecular complexity index is 456. The van der Waals surface area contributed by atoms with Gasteiger partial charge >= 0.3 is 0 Å². The maximum absolute atomic E-state index is 12.1. The Kier molecular flexibility index (Phi) is 3.55. The number of H-pyrrole nitrogens is 1. The molecule has 0 aromatic carbocycles. The molecule has 5 heteroatoms. The van der Waals surface area contributed by atoms with E-state index < -0.39 is 0 Å². The Morgan fingerprint density at radius 2 is 2.42 bits per heavy atom. The van der Waals surface area contributed by atoms with Crippen LogP contribution >= 0.6 is 0 Å². The number of carbonyl (C=O) groups is 1. The Hall–Kier alpha value is -1.36. The molecule has 2 aliphatic heterocycles. The van der Waals surface area contributed by atoms with E-state index in [0.29, 0.717) is 12.1 Å². The molecule has 0 radical (unpaired) electrons. The predicted molar refractivity (Wildman–Crippen MR) is 72.7 cm³/mol. The van der Waals surface area contributed by atoms with Gasteiger partial charge in [0.05, 0.1) is 12.1 Å². The number of hydrogen-bond donors (Lipinski definition) is 3. The fourth-order valence-corrected chi connectivity index (χ4v) is 3.36. The molecule has 19 heavy (non-hydrogen) atoms. The maximum atomic E-state index is 12.1. The van der Waals surface area contributed by atoms with E-state index >= 15 is 0 Å². The molecule has 2 fully saturated rings. The van der Waals surface area contributed by atoms with Gasteiger partial charge in [-0.15, -0.1) is 0 Å². The molecule has 3 atom stereocenters. The third-order valence-corrected chi connectivity index (χ3v) is 4.49. The van der Waals surface area contributed by atoms with Crippen molar-refractivity contribution in [3.8, 4) is 0 Å². The normalized spacial score (nSPS) is 28.8. The highest BCUT2D eigenvalue weighted by Gasteiger charge is 2.42. The summed E-state index contributed by atoms with van der Waals surface area (Å²) in [5.41, 5.74) is 2.37. The first-order valence-corrected chi connectivity index (χ1v) is 7.26. The van der Waals surface area contributed by atoms with Crippen molar-refractivity contribution in [3.05, 3.63) is 17.5 Å². The molecule has 1 amide bonds. The van der Waals surface area contributed by atoms with Gasteiger partial charge in [0.2, 0.25) is 5.91 Å². The maximum Gasteiger partial charge on any atom is 0.224 e.